The Balaban J connectivity index is 1.72. The fraction of sp³-hybridized carbons (Fsp3) is 0.125. The number of amides is 1. The molecule has 1 unspecified atom stereocenters. The molecule has 2 heterocycles. The molecular formula is C16H15ClN4OS. The summed E-state index contributed by atoms with van der Waals surface area (Å²) in [4.78, 5) is 17.1. The van der Waals surface area contributed by atoms with Crippen molar-refractivity contribution in [2.24, 2.45) is 0 Å². The van der Waals surface area contributed by atoms with Gasteiger partial charge in [0, 0.05) is 17.6 Å². The molecule has 3 N–H and O–H groups in total. The van der Waals surface area contributed by atoms with Crippen molar-refractivity contribution in [1.82, 2.24) is 14.9 Å². The molecule has 1 amide bonds. The summed E-state index contributed by atoms with van der Waals surface area (Å²) in [6.07, 6.45) is 3.60. The summed E-state index contributed by atoms with van der Waals surface area (Å²) in [5, 5.41) is 2.92. The Kier molecular flexibility index (Phi) is 4.36. The van der Waals surface area contributed by atoms with Crippen LogP contribution in [0, 0.1) is 0 Å². The molecule has 0 saturated heterocycles. The lowest BCUT2D eigenvalue weighted by molar-refractivity contribution is 0.0943. The van der Waals surface area contributed by atoms with E-state index in [0.717, 1.165) is 11.4 Å². The minimum atomic E-state index is -0.210. The highest BCUT2D eigenvalue weighted by atomic mass is 35.5. The van der Waals surface area contributed by atoms with Crippen LogP contribution in [-0.2, 0) is 0 Å². The Bertz CT molecular complexity index is 825. The lowest BCUT2D eigenvalue weighted by atomic mass is 10.2. The number of carbonyl (C=O) groups is 1. The van der Waals surface area contributed by atoms with Gasteiger partial charge >= 0.3 is 0 Å². The van der Waals surface area contributed by atoms with Gasteiger partial charge in [-0.1, -0.05) is 11.6 Å². The van der Waals surface area contributed by atoms with E-state index < -0.39 is 0 Å². The Labute approximate surface area is 142 Å². The van der Waals surface area contributed by atoms with Crippen LogP contribution in [0.5, 0.6) is 0 Å². The lowest BCUT2D eigenvalue weighted by Crippen LogP contribution is -2.26. The number of hydrogen-bond acceptors (Lipinski definition) is 4. The second-order valence-corrected chi connectivity index (χ2v) is 6.81. The van der Waals surface area contributed by atoms with Crippen molar-refractivity contribution in [3.05, 3.63) is 63.8 Å². The highest BCUT2D eigenvalue weighted by Gasteiger charge is 2.15. The number of carbonyl (C=O) groups excluding carboxylic acids is 1. The number of nitrogens with two attached hydrogens (primary N) is 1. The Morgan fingerprint density at radius 3 is 2.70 bits per heavy atom. The standard InChI is InChI=1S/C16H15ClN4OS/c1-10(20-16(22)14-6-7-15(17)23-14)13-8-21(9-19-13)12-4-2-11(18)3-5-12/h2-10H,18H2,1H3,(H,20,22). The molecule has 23 heavy (non-hydrogen) atoms. The van der Waals surface area contributed by atoms with Gasteiger partial charge in [-0.05, 0) is 43.3 Å². The van der Waals surface area contributed by atoms with Gasteiger partial charge in [0.25, 0.3) is 5.91 Å². The van der Waals surface area contributed by atoms with E-state index in [0.29, 0.717) is 14.9 Å². The van der Waals surface area contributed by atoms with Crippen LogP contribution >= 0.6 is 22.9 Å². The first-order valence-corrected chi connectivity index (χ1v) is 8.18. The Morgan fingerprint density at radius 1 is 1.30 bits per heavy atom. The molecule has 3 aromatic rings. The van der Waals surface area contributed by atoms with Crippen molar-refractivity contribution < 1.29 is 4.79 Å². The number of nitrogens with one attached hydrogen (secondary N) is 1. The zero-order valence-corrected chi connectivity index (χ0v) is 13.9. The molecule has 3 rings (SSSR count). The SMILES string of the molecule is CC(NC(=O)c1ccc(Cl)s1)c1cn(-c2ccc(N)cc2)cn1. The fourth-order valence-electron chi connectivity index (χ4n) is 2.13. The molecule has 0 aliphatic heterocycles. The van der Waals surface area contributed by atoms with Gasteiger partial charge in [-0.15, -0.1) is 11.3 Å². The third kappa shape index (κ3) is 3.55. The molecule has 2 aromatic heterocycles. The molecule has 7 heteroatoms. The van der Waals surface area contributed by atoms with Crippen LogP contribution in [0.1, 0.15) is 28.3 Å². The number of rotatable bonds is 4. The predicted molar refractivity (Wildman–Crippen MR) is 93.2 cm³/mol. The molecular weight excluding hydrogens is 332 g/mol. The normalized spacial score (nSPS) is 12.1. The van der Waals surface area contributed by atoms with Gasteiger partial charge < -0.3 is 15.6 Å². The monoisotopic (exact) mass is 346 g/mol. The van der Waals surface area contributed by atoms with Crippen molar-refractivity contribution >= 4 is 34.5 Å². The molecule has 0 radical (unpaired) electrons. The Morgan fingerprint density at radius 2 is 2.04 bits per heavy atom. The third-order valence-corrected chi connectivity index (χ3v) is 4.61. The maximum Gasteiger partial charge on any atom is 0.261 e. The highest BCUT2D eigenvalue weighted by molar-refractivity contribution is 7.17. The molecule has 118 valence electrons. The van der Waals surface area contributed by atoms with E-state index in [4.69, 9.17) is 17.3 Å². The van der Waals surface area contributed by atoms with Crippen LogP contribution in [0.15, 0.2) is 48.9 Å². The molecule has 0 spiro atoms. The van der Waals surface area contributed by atoms with E-state index in [1.807, 2.05) is 42.0 Å². The van der Waals surface area contributed by atoms with Crippen molar-refractivity contribution in [1.29, 1.82) is 0 Å². The number of benzene rings is 1. The van der Waals surface area contributed by atoms with Crippen LogP contribution in [-0.4, -0.2) is 15.5 Å². The summed E-state index contributed by atoms with van der Waals surface area (Å²) in [5.74, 6) is -0.156. The van der Waals surface area contributed by atoms with Gasteiger partial charge in [-0.2, -0.15) is 0 Å². The average molecular weight is 347 g/mol. The summed E-state index contributed by atoms with van der Waals surface area (Å²) in [7, 11) is 0. The van der Waals surface area contributed by atoms with Gasteiger partial charge in [0.2, 0.25) is 0 Å². The van der Waals surface area contributed by atoms with Gasteiger partial charge in [-0.25, -0.2) is 4.98 Å². The molecule has 1 aromatic carbocycles. The second-order valence-electron chi connectivity index (χ2n) is 5.10. The first-order chi connectivity index (χ1) is 11.0. The van der Waals surface area contributed by atoms with Gasteiger partial charge in [-0.3, -0.25) is 4.79 Å². The number of nitrogens with zero attached hydrogens (tertiary/aromatic N) is 2. The number of nitrogen functional groups attached to an aromatic ring is 1. The molecule has 0 bridgehead atoms. The van der Waals surface area contributed by atoms with E-state index in [-0.39, 0.29) is 11.9 Å². The summed E-state index contributed by atoms with van der Waals surface area (Å²) in [5.41, 5.74) is 8.14. The maximum absolute atomic E-state index is 12.1. The minimum Gasteiger partial charge on any atom is -0.399 e. The zero-order valence-electron chi connectivity index (χ0n) is 12.4. The van der Waals surface area contributed by atoms with Gasteiger partial charge in [0.05, 0.1) is 27.3 Å². The molecule has 0 fully saturated rings. The quantitative estimate of drug-likeness (QED) is 0.708. The highest BCUT2D eigenvalue weighted by Crippen LogP contribution is 2.22. The van der Waals surface area contributed by atoms with E-state index in [1.54, 1.807) is 18.5 Å². The zero-order chi connectivity index (χ0) is 16.4. The van der Waals surface area contributed by atoms with Crippen molar-refractivity contribution in [2.45, 2.75) is 13.0 Å². The van der Waals surface area contributed by atoms with Crippen LogP contribution in [0.2, 0.25) is 4.34 Å². The van der Waals surface area contributed by atoms with E-state index in [9.17, 15) is 4.79 Å². The number of thiophene rings is 1. The summed E-state index contributed by atoms with van der Waals surface area (Å²) in [6, 6.07) is 10.7. The molecule has 5 nitrogen and oxygen atoms in total. The van der Waals surface area contributed by atoms with E-state index >= 15 is 0 Å². The summed E-state index contributed by atoms with van der Waals surface area (Å²) < 4.78 is 2.48. The number of anilines is 1. The molecule has 0 saturated carbocycles. The lowest BCUT2D eigenvalue weighted by Gasteiger charge is -2.10. The van der Waals surface area contributed by atoms with Crippen molar-refractivity contribution in [3.8, 4) is 5.69 Å². The molecule has 0 aliphatic carbocycles. The molecule has 1 atom stereocenters. The van der Waals surface area contributed by atoms with Crippen LogP contribution in [0.3, 0.4) is 0 Å². The van der Waals surface area contributed by atoms with Crippen LogP contribution in [0.4, 0.5) is 5.69 Å². The smallest absolute Gasteiger partial charge is 0.261 e. The number of imidazole rings is 1. The number of halogens is 1. The van der Waals surface area contributed by atoms with E-state index in [2.05, 4.69) is 10.3 Å². The summed E-state index contributed by atoms with van der Waals surface area (Å²) in [6.45, 7) is 1.89. The Hall–Kier alpha value is -2.31. The average Bonchev–Trinajstić information content (AvgIpc) is 3.17. The first kappa shape index (κ1) is 15.6. The van der Waals surface area contributed by atoms with Gasteiger partial charge in [0.15, 0.2) is 0 Å². The predicted octanol–water partition coefficient (Wildman–Crippen LogP) is 3.66. The van der Waals surface area contributed by atoms with Crippen molar-refractivity contribution in [2.75, 3.05) is 5.73 Å². The van der Waals surface area contributed by atoms with Crippen LogP contribution < -0.4 is 11.1 Å². The largest absolute Gasteiger partial charge is 0.399 e. The maximum atomic E-state index is 12.1. The third-order valence-electron chi connectivity index (χ3n) is 3.38. The van der Waals surface area contributed by atoms with Gasteiger partial charge in [0.1, 0.15) is 0 Å². The topological polar surface area (TPSA) is 72.9 Å². The first-order valence-electron chi connectivity index (χ1n) is 6.99. The fourth-order valence-corrected chi connectivity index (χ4v) is 3.07. The second kappa shape index (κ2) is 6.44. The number of hydrogen-bond donors (Lipinski definition) is 2. The summed E-state index contributed by atoms with van der Waals surface area (Å²) >= 11 is 7.11. The van der Waals surface area contributed by atoms with Crippen molar-refractivity contribution in [3.63, 3.8) is 0 Å². The minimum absolute atomic E-state index is 0.156. The number of aromatic nitrogens is 2. The van der Waals surface area contributed by atoms with E-state index in [1.165, 1.54) is 11.3 Å². The van der Waals surface area contributed by atoms with Crippen LogP contribution in [0.25, 0.3) is 5.69 Å². The molecule has 0 aliphatic rings.